The van der Waals surface area contributed by atoms with E-state index in [-0.39, 0.29) is 27.1 Å². The Kier molecular flexibility index (Phi) is 4.01. The van der Waals surface area contributed by atoms with E-state index in [9.17, 15) is 13.2 Å². The standard InChI is InChI=1S/C12H10ClN3O4S/c13-10-2-1-3-11(15-10)16-21(19,20)9-5-4-7(12(17)18)6-8(9)14/h1-6H,14H2,(H,15,16)(H,17,18). The summed E-state index contributed by atoms with van der Waals surface area (Å²) in [7, 11) is -3.99. The van der Waals surface area contributed by atoms with Crippen molar-refractivity contribution in [3.63, 3.8) is 0 Å². The van der Waals surface area contributed by atoms with Crippen LogP contribution in [0.25, 0.3) is 0 Å². The van der Waals surface area contributed by atoms with E-state index in [0.29, 0.717) is 0 Å². The van der Waals surface area contributed by atoms with Gasteiger partial charge in [-0.3, -0.25) is 4.72 Å². The van der Waals surface area contributed by atoms with Crippen molar-refractivity contribution in [1.82, 2.24) is 4.98 Å². The summed E-state index contributed by atoms with van der Waals surface area (Å²) >= 11 is 5.67. The largest absolute Gasteiger partial charge is 0.478 e. The Morgan fingerprint density at radius 2 is 2.00 bits per heavy atom. The molecule has 0 unspecified atom stereocenters. The first-order valence-electron chi connectivity index (χ1n) is 5.58. The fourth-order valence-corrected chi connectivity index (χ4v) is 2.86. The van der Waals surface area contributed by atoms with Gasteiger partial charge in [0, 0.05) is 0 Å². The van der Waals surface area contributed by atoms with Crippen LogP contribution in [0.2, 0.25) is 5.15 Å². The zero-order chi connectivity index (χ0) is 15.6. The molecular formula is C12H10ClN3O4S. The minimum atomic E-state index is -3.99. The lowest BCUT2D eigenvalue weighted by Gasteiger charge is -2.10. The molecule has 7 nitrogen and oxygen atoms in total. The molecule has 4 N–H and O–H groups in total. The first-order valence-corrected chi connectivity index (χ1v) is 7.44. The number of nitrogens with one attached hydrogen (secondary N) is 1. The minimum Gasteiger partial charge on any atom is -0.478 e. The number of hydrogen-bond donors (Lipinski definition) is 3. The maximum Gasteiger partial charge on any atom is 0.335 e. The molecule has 9 heteroatoms. The molecule has 0 aliphatic carbocycles. The first-order chi connectivity index (χ1) is 9.79. The summed E-state index contributed by atoms with van der Waals surface area (Å²) in [6.45, 7) is 0. The average molecular weight is 328 g/mol. The molecule has 0 aliphatic rings. The number of rotatable bonds is 4. The highest BCUT2D eigenvalue weighted by molar-refractivity contribution is 7.92. The molecule has 2 aromatic rings. The Balaban J connectivity index is 2.38. The van der Waals surface area contributed by atoms with E-state index in [2.05, 4.69) is 9.71 Å². The number of benzene rings is 1. The van der Waals surface area contributed by atoms with Crippen LogP contribution in [0.15, 0.2) is 41.3 Å². The Bertz CT molecular complexity index is 808. The van der Waals surface area contributed by atoms with Crippen LogP contribution >= 0.6 is 11.6 Å². The number of anilines is 2. The van der Waals surface area contributed by atoms with Crippen LogP contribution in [0.1, 0.15) is 10.4 Å². The fourth-order valence-electron chi connectivity index (χ4n) is 1.58. The molecule has 0 spiro atoms. The number of sulfonamides is 1. The van der Waals surface area contributed by atoms with E-state index in [1.165, 1.54) is 18.2 Å². The number of hydrogen-bond acceptors (Lipinski definition) is 5. The SMILES string of the molecule is Nc1cc(C(=O)O)ccc1S(=O)(=O)Nc1cccc(Cl)n1. The van der Waals surface area contributed by atoms with E-state index in [0.717, 1.165) is 18.2 Å². The highest BCUT2D eigenvalue weighted by Crippen LogP contribution is 2.22. The van der Waals surface area contributed by atoms with Gasteiger partial charge in [-0.05, 0) is 30.3 Å². The van der Waals surface area contributed by atoms with Crippen molar-refractivity contribution in [2.75, 3.05) is 10.5 Å². The van der Waals surface area contributed by atoms with Crippen molar-refractivity contribution in [1.29, 1.82) is 0 Å². The van der Waals surface area contributed by atoms with Gasteiger partial charge in [-0.25, -0.2) is 18.2 Å². The molecule has 110 valence electrons. The van der Waals surface area contributed by atoms with Crippen LogP contribution in [0, 0.1) is 0 Å². The van der Waals surface area contributed by atoms with Crippen LogP contribution < -0.4 is 10.5 Å². The summed E-state index contributed by atoms with van der Waals surface area (Å²) in [5, 5.41) is 8.95. The van der Waals surface area contributed by atoms with Gasteiger partial charge in [-0.2, -0.15) is 0 Å². The van der Waals surface area contributed by atoms with Gasteiger partial charge in [0.15, 0.2) is 0 Å². The van der Waals surface area contributed by atoms with E-state index in [1.54, 1.807) is 0 Å². The fraction of sp³-hybridized carbons (Fsp3) is 0. The number of carbonyl (C=O) groups is 1. The van der Waals surface area contributed by atoms with Crippen LogP contribution in [0.4, 0.5) is 11.5 Å². The van der Waals surface area contributed by atoms with Gasteiger partial charge in [0.2, 0.25) is 0 Å². The van der Waals surface area contributed by atoms with Crippen molar-refractivity contribution in [2.24, 2.45) is 0 Å². The summed E-state index contributed by atoms with van der Waals surface area (Å²) in [6.07, 6.45) is 0. The van der Waals surface area contributed by atoms with Crippen molar-refractivity contribution in [2.45, 2.75) is 4.90 Å². The normalized spacial score (nSPS) is 11.1. The second-order valence-electron chi connectivity index (χ2n) is 4.01. The molecular weight excluding hydrogens is 318 g/mol. The maximum absolute atomic E-state index is 12.2. The number of nitrogens with zero attached hydrogens (tertiary/aromatic N) is 1. The second-order valence-corrected chi connectivity index (χ2v) is 6.05. The lowest BCUT2D eigenvalue weighted by atomic mass is 10.2. The van der Waals surface area contributed by atoms with Gasteiger partial charge < -0.3 is 10.8 Å². The number of aromatic nitrogens is 1. The van der Waals surface area contributed by atoms with Crippen molar-refractivity contribution in [3.8, 4) is 0 Å². The van der Waals surface area contributed by atoms with E-state index >= 15 is 0 Å². The number of pyridine rings is 1. The molecule has 21 heavy (non-hydrogen) atoms. The molecule has 0 amide bonds. The third-order valence-corrected chi connectivity index (χ3v) is 4.14. The molecule has 1 aromatic carbocycles. The average Bonchev–Trinajstić information content (AvgIpc) is 2.37. The van der Waals surface area contributed by atoms with Gasteiger partial charge in [-0.15, -0.1) is 0 Å². The van der Waals surface area contributed by atoms with Crippen molar-refractivity contribution in [3.05, 3.63) is 47.1 Å². The molecule has 0 saturated carbocycles. The smallest absolute Gasteiger partial charge is 0.335 e. The summed E-state index contributed by atoms with van der Waals surface area (Å²) in [6, 6.07) is 7.79. The van der Waals surface area contributed by atoms with Gasteiger partial charge in [0.05, 0.1) is 11.3 Å². The summed E-state index contributed by atoms with van der Waals surface area (Å²) in [5.41, 5.74) is 5.32. The highest BCUT2D eigenvalue weighted by atomic mass is 35.5. The molecule has 0 fully saturated rings. The third kappa shape index (κ3) is 3.41. The quantitative estimate of drug-likeness (QED) is 0.581. The number of aromatic carboxylic acids is 1. The van der Waals surface area contributed by atoms with Gasteiger partial charge in [-0.1, -0.05) is 17.7 Å². The topological polar surface area (TPSA) is 122 Å². The predicted octanol–water partition coefficient (Wildman–Crippen LogP) is 1.82. The number of carboxylic acids is 1. The Morgan fingerprint density at radius 3 is 2.57 bits per heavy atom. The van der Waals surface area contributed by atoms with Gasteiger partial charge in [0.1, 0.15) is 15.9 Å². The Labute approximate surface area is 125 Å². The minimum absolute atomic E-state index is 0.0317. The summed E-state index contributed by atoms with van der Waals surface area (Å²) in [4.78, 5) is 14.4. The van der Waals surface area contributed by atoms with Crippen molar-refractivity contribution >= 4 is 39.1 Å². The molecule has 0 bridgehead atoms. The Hall–Kier alpha value is -2.32. The lowest BCUT2D eigenvalue weighted by molar-refractivity contribution is 0.0697. The number of halogens is 1. The first kappa shape index (κ1) is 15.1. The molecule has 1 heterocycles. The molecule has 0 aliphatic heterocycles. The van der Waals surface area contributed by atoms with Crippen molar-refractivity contribution < 1.29 is 18.3 Å². The molecule has 1 aromatic heterocycles. The third-order valence-electron chi connectivity index (χ3n) is 2.50. The lowest BCUT2D eigenvalue weighted by Crippen LogP contribution is -2.16. The van der Waals surface area contributed by atoms with Crippen LogP contribution in [0.3, 0.4) is 0 Å². The van der Waals surface area contributed by atoms with Gasteiger partial charge in [0.25, 0.3) is 10.0 Å². The number of nitrogens with two attached hydrogens (primary N) is 1. The Morgan fingerprint density at radius 1 is 1.29 bits per heavy atom. The summed E-state index contributed by atoms with van der Waals surface area (Å²) in [5.74, 6) is -1.17. The zero-order valence-electron chi connectivity index (χ0n) is 10.4. The second kappa shape index (κ2) is 5.58. The monoisotopic (exact) mass is 327 g/mol. The predicted molar refractivity (Wildman–Crippen MR) is 77.9 cm³/mol. The number of nitrogen functional groups attached to an aromatic ring is 1. The molecule has 0 radical (unpaired) electrons. The maximum atomic E-state index is 12.2. The molecule has 0 atom stereocenters. The van der Waals surface area contributed by atoms with Crippen LogP contribution in [-0.2, 0) is 10.0 Å². The highest BCUT2D eigenvalue weighted by Gasteiger charge is 2.19. The van der Waals surface area contributed by atoms with E-state index in [1.807, 2.05) is 0 Å². The van der Waals surface area contributed by atoms with E-state index in [4.69, 9.17) is 22.4 Å². The molecule has 0 saturated heterocycles. The van der Waals surface area contributed by atoms with E-state index < -0.39 is 16.0 Å². The van der Waals surface area contributed by atoms with Gasteiger partial charge >= 0.3 is 5.97 Å². The number of carboxylic acid groups (broad SMARTS) is 1. The molecule has 2 rings (SSSR count). The summed E-state index contributed by atoms with van der Waals surface area (Å²) < 4.78 is 26.6. The zero-order valence-corrected chi connectivity index (χ0v) is 12.0. The van der Waals surface area contributed by atoms with Crippen LogP contribution in [0.5, 0.6) is 0 Å². The van der Waals surface area contributed by atoms with Crippen LogP contribution in [-0.4, -0.2) is 24.5 Å².